The summed E-state index contributed by atoms with van der Waals surface area (Å²) in [6.07, 6.45) is 2.93. The molecule has 5 heteroatoms. The highest BCUT2D eigenvalue weighted by Crippen LogP contribution is 2.33. The molecule has 1 aliphatic rings. The summed E-state index contributed by atoms with van der Waals surface area (Å²) in [6, 6.07) is 4.22. The minimum atomic E-state index is -0.709. The van der Waals surface area contributed by atoms with Crippen LogP contribution in [0.3, 0.4) is 0 Å². The molecule has 0 spiro atoms. The maximum atomic E-state index is 10.6. The molecule has 0 radical (unpaired) electrons. The molecule has 2 rings (SSSR count). The van der Waals surface area contributed by atoms with E-state index in [1.54, 1.807) is 0 Å². The first kappa shape index (κ1) is 17.6. The second-order valence-electron chi connectivity index (χ2n) is 5.81. The van der Waals surface area contributed by atoms with E-state index in [0.29, 0.717) is 13.2 Å². The predicted molar refractivity (Wildman–Crippen MR) is 89.2 cm³/mol. The van der Waals surface area contributed by atoms with Crippen LogP contribution in [0.5, 0.6) is 11.5 Å². The van der Waals surface area contributed by atoms with Crippen LogP contribution in [0, 0.1) is 0 Å². The number of benzene rings is 1. The molecule has 0 saturated heterocycles. The van der Waals surface area contributed by atoms with Gasteiger partial charge in [-0.1, -0.05) is 0 Å². The molecular formula is C18H27NO4. The van der Waals surface area contributed by atoms with Gasteiger partial charge in [0.25, 0.3) is 0 Å². The predicted octanol–water partition coefficient (Wildman–Crippen LogP) is 3.10. The van der Waals surface area contributed by atoms with Crippen molar-refractivity contribution in [2.75, 3.05) is 26.3 Å². The van der Waals surface area contributed by atoms with Gasteiger partial charge in [-0.25, -0.2) is 0 Å². The maximum Gasteiger partial charge on any atom is 0.303 e. The fourth-order valence-electron chi connectivity index (χ4n) is 2.96. The Morgan fingerprint density at radius 1 is 1.13 bits per heavy atom. The zero-order chi connectivity index (χ0) is 16.7. The molecule has 0 aliphatic carbocycles. The number of carboxylic acids is 1. The quantitative estimate of drug-likeness (QED) is 0.708. The van der Waals surface area contributed by atoms with Crippen LogP contribution in [0.25, 0.3) is 0 Å². The van der Waals surface area contributed by atoms with E-state index in [4.69, 9.17) is 14.6 Å². The molecule has 0 unspecified atom stereocenters. The van der Waals surface area contributed by atoms with Crippen molar-refractivity contribution in [1.29, 1.82) is 0 Å². The fraction of sp³-hybridized carbons (Fsp3) is 0.611. The van der Waals surface area contributed by atoms with Gasteiger partial charge in [0.15, 0.2) is 11.5 Å². The molecule has 1 aromatic carbocycles. The van der Waals surface area contributed by atoms with E-state index in [-0.39, 0.29) is 6.42 Å². The van der Waals surface area contributed by atoms with Crippen molar-refractivity contribution in [3.8, 4) is 11.5 Å². The Hall–Kier alpha value is -1.75. The van der Waals surface area contributed by atoms with Crippen LogP contribution < -0.4 is 9.47 Å². The van der Waals surface area contributed by atoms with Gasteiger partial charge in [0, 0.05) is 19.5 Å². The first-order chi connectivity index (χ1) is 11.1. The summed E-state index contributed by atoms with van der Waals surface area (Å²) in [6.45, 7) is 8.07. The van der Waals surface area contributed by atoms with E-state index in [9.17, 15) is 4.79 Å². The lowest BCUT2D eigenvalue weighted by Gasteiger charge is -2.29. The molecule has 23 heavy (non-hydrogen) atoms. The van der Waals surface area contributed by atoms with Crippen LogP contribution in [0.2, 0.25) is 0 Å². The Bertz CT molecular complexity index is 530. The van der Waals surface area contributed by atoms with Crippen LogP contribution in [0.15, 0.2) is 12.1 Å². The zero-order valence-corrected chi connectivity index (χ0v) is 14.1. The van der Waals surface area contributed by atoms with Crippen LogP contribution in [0.1, 0.15) is 44.2 Å². The third-order valence-corrected chi connectivity index (χ3v) is 4.07. The molecule has 1 N–H and O–H groups in total. The van der Waals surface area contributed by atoms with Crippen molar-refractivity contribution in [3.05, 3.63) is 23.3 Å². The molecule has 0 bridgehead atoms. The fourth-order valence-corrected chi connectivity index (χ4v) is 2.96. The van der Waals surface area contributed by atoms with Crippen LogP contribution in [-0.4, -0.2) is 42.3 Å². The summed E-state index contributed by atoms with van der Waals surface area (Å²) in [5.74, 6) is 0.947. The Labute approximate surface area is 138 Å². The SMILES string of the molecule is CCOc1cc2c(cc1OCC)CN(CCCCC(=O)O)CC2. The Morgan fingerprint density at radius 2 is 1.78 bits per heavy atom. The number of hydrogen-bond donors (Lipinski definition) is 1. The molecule has 0 fully saturated rings. The molecule has 1 aromatic rings. The number of aliphatic carboxylic acids is 1. The number of hydrogen-bond acceptors (Lipinski definition) is 4. The minimum Gasteiger partial charge on any atom is -0.490 e. The van der Waals surface area contributed by atoms with Crippen molar-refractivity contribution in [3.63, 3.8) is 0 Å². The monoisotopic (exact) mass is 321 g/mol. The molecule has 128 valence electrons. The Kier molecular flexibility index (Phi) is 6.71. The van der Waals surface area contributed by atoms with E-state index in [1.807, 2.05) is 13.8 Å². The maximum absolute atomic E-state index is 10.6. The average molecular weight is 321 g/mol. The molecule has 0 amide bonds. The number of ether oxygens (including phenoxy) is 2. The lowest BCUT2D eigenvalue weighted by molar-refractivity contribution is -0.137. The van der Waals surface area contributed by atoms with E-state index in [0.717, 1.165) is 50.4 Å². The Balaban J connectivity index is 1.99. The van der Waals surface area contributed by atoms with Gasteiger partial charge in [0.2, 0.25) is 0 Å². The molecule has 5 nitrogen and oxygen atoms in total. The van der Waals surface area contributed by atoms with Crippen LogP contribution in [0.4, 0.5) is 0 Å². The summed E-state index contributed by atoms with van der Waals surface area (Å²) in [7, 11) is 0. The van der Waals surface area contributed by atoms with Gasteiger partial charge >= 0.3 is 5.97 Å². The van der Waals surface area contributed by atoms with Gasteiger partial charge in [-0.05, 0) is 62.9 Å². The van der Waals surface area contributed by atoms with Crippen LogP contribution in [-0.2, 0) is 17.8 Å². The van der Waals surface area contributed by atoms with Gasteiger partial charge in [-0.3, -0.25) is 9.69 Å². The van der Waals surface area contributed by atoms with Crippen molar-refractivity contribution >= 4 is 5.97 Å². The lowest BCUT2D eigenvalue weighted by atomic mass is 9.98. The van der Waals surface area contributed by atoms with E-state index in [2.05, 4.69) is 17.0 Å². The molecular weight excluding hydrogens is 294 g/mol. The second-order valence-corrected chi connectivity index (χ2v) is 5.81. The van der Waals surface area contributed by atoms with Gasteiger partial charge < -0.3 is 14.6 Å². The largest absolute Gasteiger partial charge is 0.490 e. The standard InChI is InChI=1S/C18H27NO4/c1-3-22-16-11-14-8-10-19(9-6-5-7-18(20)21)13-15(14)12-17(16)23-4-2/h11-12H,3-10,13H2,1-2H3,(H,20,21). The molecule has 0 atom stereocenters. The van der Waals surface area contributed by atoms with E-state index in [1.165, 1.54) is 11.1 Å². The van der Waals surface area contributed by atoms with Gasteiger partial charge in [-0.15, -0.1) is 0 Å². The third kappa shape index (κ3) is 5.13. The number of fused-ring (bicyclic) bond motifs is 1. The molecule has 1 heterocycles. The number of unbranched alkanes of at least 4 members (excludes halogenated alkanes) is 1. The number of carbonyl (C=O) groups is 1. The smallest absolute Gasteiger partial charge is 0.303 e. The summed E-state index contributed by atoms with van der Waals surface area (Å²) in [5, 5.41) is 8.69. The highest BCUT2D eigenvalue weighted by molar-refractivity contribution is 5.66. The average Bonchev–Trinajstić information content (AvgIpc) is 2.52. The van der Waals surface area contributed by atoms with Crippen LogP contribution >= 0.6 is 0 Å². The number of carboxylic acid groups (broad SMARTS) is 1. The topological polar surface area (TPSA) is 59.0 Å². The van der Waals surface area contributed by atoms with Gasteiger partial charge in [-0.2, -0.15) is 0 Å². The Morgan fingerprint density at radius 3 is 2.39 bits per heavy atom. The summed E-state index contributed by atoms with van der Waals surface area (Å²) < 4.78 is 11.4. The summed E-state index contributed by atoms with van der Waals surface area (Å²) in [4.78, 5) is 12.9. The molecule has 0 saturated carbocycles. The third-order valence-electron chi connectivity index (χ3n) is 4.07. The summed E-state index contributed by atoms with van der Waals surface area (Å²) >= 11 is 0. The van der Waals surface area contributed by atoms with Gasteiger partial charge in [0.05, 0.1) is 13.2 Å². The first-order valence-electron chi connectivity index (χ1n) is 8.49. The zero-order valence-electron chi connectivity index (χ0n) is 14.1. The minimum absolute atomic E-state index is 0.261. The molecule has 0 aromatic heterocycles. The molecule has 1 aliphatic heterocycles. The van der Waals surface area contributed by atoms with Crippen molar-refractivity contribution in [2.24, 2.45) is 0 Å². The summed E-state index contributed by atoms with van der Waals surface area (Å²) in [5.41, 5.74) is 2.63. The van der Waals surface area contributed by atoms with Crippen molar-refractivity contribution in [1.82, 2.24) is 4.90 Å². The van der Waals surface area contributed by atoms with E-state index < -0.39 is 5.97 Å². The van der Waals surface area contributed by atoms with Gasteiger partial charge in [0.1, 0.15) is 0 Å². The first-order valence-corrected chi connectivity index (χ1v) is 8.49. The number of rotatable bonds is 9. The van der Waals surface area contributed by atoms with Crippen molar-refractivity contribution < 1.29 is 19.4 Å². The van der Waals surface area contributed by atoms with Crippen molar-refractivity contribution in [2.45, 2.75) is 46.1 Å². The number of nitrogens with zero attached hydrogens (tertiary/aromatic N) is 1. The second kappa shape index (κ2) is 8.77. The normalized spacial score (nSPS) is 14.3. The highest BCUT2D eigenvalue weighted by atomic mass is 16.5. The lowest BCUT2D eigenvalue weighted by Crippen LogP contribution is -2.31. The van der Waals surface area contributed by atoms with E-state index >= 15 is 0 Å². The highest BCUT2D eigenvalue weighted by Gasteiger charge is 2.19.